The summed E-state index contributed by atoms with van der Waals surface area (Å²) < 4.78 is 1.96. The predicted molar refractivity (Wildman–Crippen MR) is 56.8 cm³/mol. The Labute approximate surface area is 85.5 Å². The molecular formula is C10H20N4. The number of hydrogen-bond donors (Lipinski definition) is 1. The van der Waals surface area contributed by atoms with Gasteiger partial charge in [-0.3, -0.25) is 0 Å². The van der Waals surface area contributed by atoms with Crippen molar-refractivity contribution in [2.45, 2.75) is 52.6 Å². The maximum absolute atomic E-state index is 5.52. The van der Waals surface area contributed by atoms with Crippen molar-refractivity contribution in [3.8, 4) is 0 Å². The van der Waals surface area contributed by atoms with Crippen molar-refractivity contribution in [3.05, 3.63) is 11.4 Å². The van der Waals surface area contributed by atoms with E-state index in [-0.39, 0.29) is 0 Å². The van der Waals surface area contributed by atoms with Crippen LogP contribution in [0.5, 0.6) is 0 Å². The lowest BCUT2D eigenvalue weighted by atomic mass is 10.2. The van der Waals surface area contributed by atoms with Crippen LogP contribution in [0.15, 0.2) is 0 Å². The van der Waals surface area contributed by atoms with Crippen molar-refractivity contribution < 1.29 is 0 Å². The fourth-order valence-corrected chi connectivity index (χ4v) is 1.49. The zero-order chi connectivity index (χ0) is 10.4. The third-order valence-electron chi connectivity index (χ3n) is 2.50. The molecule has 4 heteroatoms. The van der Waals surface area contributed by atoms with E-state index in [2.05, 4.69) is 17.2 Å². The quantitative estimate of drug-likeness (QED) is 0.703. The predicted octanol–water partition coefficient (Wildman–Crippen LogP) is 1.63. The summed E-state index contributed by atoms with van der Waals surface area (Å²) in [6.07, 6.45) is 5.03. The largest absolute Gasteiger partial charge is 0.325 e. The first kappa shape index (κ1) is 11.2. The maximum Gasteiger partial charge on any atom is 0.0991 e. The molecular weight excluding hydrogens is 176 g/mol. The molecule has 1 heterocycles. The van der Waals surface area contributed by atoms with Gasteiger partial charge in [0.15, 0.2) is 0 Å². The first-order valence-electron chi connectivity index (χ1n) is 5.38. The Balaban J connectivity index is 2.39. The number of nitrogens with zero attached hydrogens (tertiary/aromatic N) is 3. The van der Waals surface area contributed by atoms with E-state index in [1.54, 1.807) is 0 Å². The molecule has 0 aliphatic heterocycles. The first-order chi connectivity index (χ1) is 6.79. The molecule has 0 amide bonds. The summed E-state index contributed by atoms with van der Waals surface area (Å²) in [5.74, 6) is 0. The second-order valence-electron chi connectivity index (χ2n) is 3.61. The van der Waals surface area contributed by atoms with Gasteiger partial charge in [-0.2, -0.15) is 0 Å². The molecule has 2 N–H and O–H groups in total. The molecule has 4 nitrogen and oxygen atoms in total. The molecule has 14 heavy (non-hydrogen) atoms. The van der Waals surface area contributed by atoms with Crippen LogP contribution in [-0.2, 0) is 13.1 Å². The highest BCUT2D eigenvalue weighted by atomic mass is 15.4. The fourth-order valence-electron chi connectivity index (χ4n) is 1.49. The topological polar surface area (TPSA) is 56.7 Å². The molecule has 0 spiro atoms. The third kappa shape index (κ3) is 2.80. The van der Waals surface area contributed by atoms with E-state index in [9.17, 15) is 0 Å². The second kappa shape index (κ2) is 5.75. The van der Waals surface area contributed by atoms with Crippen LogP contribution in [0.1, 0.15) is 44.0 Å². The van der Waals surface area contributed by atoms with E-state index in [1.165, 1.54) is 25.7 Å². The van der Waals surface area contributed by atoms with Crippen LogP contribution < -0.4 is 5.73 Å². The van der Waals surface area contributed by atoms with Crippen LogP contribution in [0.3, 0.4) is 0 Å². The fraction of sp³-hybridized carbons (Fsp3) is 0.800. The Kier molecular flexibility index (Phi) is 4.59. The average molecular weight is 196 g/mol. The maximum atomic E-state index is 5.52. The van der Waals surface area contributed by atoms with E-state index < -0.39 is 0 Å². The van der Waals surface area contributed by atoms with E-state index in [1.807, 2.05) is 11.6 Å². The molecule has 0 unspecified atom stereocenters. The van der Waals surface area contributed by atoms with Crippen LogP contribution in [-0.4, -0.2) is 15.0 Å². The third-order valence-corrected chi connectivity index (χ3v) is 2.50. The lowest BCUT2D eigenvalue weighted by molar-refractivity contribution is 0.519. The number of rotatable bonds is 6. The van der Waals surface area contributed by atoms with Gasteiger partial charge >= 0.3 is 0 Å². The van der Waals surface area contributed by atoms with Gasteiger partial charge in [0.05, 0.1) is 11.4 Å². The summed E-state index contributed by atoms with van der Waals surface area (Å²) in [5, 5.41) is 8.09. The van der Waals surface area contributed by atoms with Gasteiger partial charge in [0.1, 0.15) is 0 Å². The van der Waals surface area contributed by atoms with Gasteiger partial charge in [-0.25, -0.2) is 4.68 Å². The van der Waals surface area contributed by atoms with Crippen LogP contribution >= 0.6 is 0 Å². The summed E-state index contributed by atoms with van der Waals surface area (Å²) >= 11 is 0. The minimum atomic E-state index is 0.487. The van der Waals surface area contributed by atoms with Crippen molar-refractivity contribution >= 4 is 0 Å². The van der Waals surface area contributed by atoms with Gasteiger partial charge in [0.25, 0.3) is 0 Å². The smallest absolute Gasteiger partial charge is 0.0991 e. The molecule has 0 saturated carbocycles. The minimum Gasteiger partial charge on any atom is -0.325 e. The van der Waals surface area contributed by atoms with E-state index in [4.69, 9.17) is 5.73 Å². The number of nitrogens with two attached hydrogens (primary N) is 1. The number of unbranched alkanes of at least 4 members (excludes halogenated alkanes) is 3. The van der Waals surface area contributed by atoms with Crippen molar-refractivity contribution in [1.82, 2.24) is 15.0 Å². The molecule has 1 aromatic heterocycles. The minimum absolute atomic E-state index is 0.487. The van der Waals surface area contributed by atoms with Crippen LogP contribution in [0.25, 0.3) is 0 Å². The Morgan fingerprint density at radius 2 is 2.07 bits per heavy atom. The van der Waals surface area contributed by atoms with Gasteiger partial charge in [0.2, 0.25) is 0 Å². The van der Waals surface area contributed by atoms with Crippen molar-refractivity contribution in [2.75, 3.05) is 0 Å². The average Bonchev–Trinajstić information content (AvgIpc) is 2.55. The van der Waals surface area contributed by atoms with Crippen molar-refractivity contribution in [1.29, 1.82) is 0 Å². The highest BCUT2D eigenvalue weighted by molar-refractivity contribution is 5.06. The molecule has 0 aliphatic carbocycles. The summed E-state index contributed by atoms with van der Waals surface area (Å²) in [6, 6.07) is 0. The highest BCUT2D eigenvalue weighted by Crippen LogP contribution is 2.06. The second-order valence-corrected chi connectivity index (χ2v) is 3.61. The highest BCUT2D eigenvalue weighted by Gasteiger charge is 2.05. The van der Waals surface area contributed by atoms with Crippen LogP contribution in [0.4, 0.5) is 0 Å². The summed E-state index contributed by atoms with van der Waals surface area (Å²) in [4.78, 5) is 0. The Morgan fingerprint density at radius 3 is 2.64 bits per heavy atom. The Bertz CT molecular complexity index is 267. The molecule has 80 valence electrons. The lowest BCUT2D eigenvalue weighted by Crippen LogP contribution is -2.04. The molecule has 1 aromatic rings. The lowest BCUT2D eigenvalue weighted by Gasteiger charge is -2.02. The van der Waals surface area contributed by atoms with Crippen molar-refractivity contribution in [2.24, 2.45) is 5.73 Å². The zero-order valence-corrected chi connectivity index (χ0v) is 9.16. The molecule has 0 radical (unpaired) electrons. The molecule has 0 atom stereocenters. The molecule has 0 aliphatic rings. The zero-order valence-electron chi connectivity index (χ0n) is 9.16. The normalized spacial score (nSPS) is 10.8. The number of hydrogen-bond acceptors (Lipinski definition) is 3. The Hall–Kier alpha value is -0.900. The summed E-state index contributed by atoms with van der Waals surface area (Å²) in [5.41, 5.74) is 7.56. The van der Waals surface area contributed by atoms with Gasteiger partial charge in [-0.1, -0.05) is 31.4 Å². The number of aromatic nitrogens is 3. The van der Waals surface area contributed by atoms with Crippen LogP contribution in [0.2, 0.25) is 0 Å². The van der Waals surface area contributed by atoms with E-state index in [0.717, 1.165) is 17.9 Å². The molecule has 1 rings (SSSR count). The van der Waals surface area contributed by atoms with Gasteiger partial charge < -0.3 is 5.73 Å². The molecule has 0 aromatic carbocycles. The van der Waals surface area contributed by atoms with Gasteiger partial charge in [-0.05, 0) is 13.3 Å². The van der Waals surface area contributed by atoms with E-state index >= 15 is 0 Å². The van der Waals surface area contributed by atoms with Crippen LogP contribution in [0, 0.1) is 6.92 Å². The Morgan fingerprint density at radius 1 is 1.29 bits per heavy atom. The summed E-state index contributed by atoms with van der Waals surface area (Å²) in [6.45, 7) is 5.70. The monoisotopic (exact) mass is 196 g/mol. The molecule has 0 bridgehead atoms. The molecule has 0 saturated heterocycles. The van der Waals surface area contributed by atoms with Gasteiger partial charge in [0, 0.05) is 13.1 Å². The molecule has 0 fully saturated rings. The van der Waals surface area contributed by atoms with Crippen molar-refractivity contribution in [3.63, 3.8) is 0 Å². The van der Waals surface area contributed by atoms with E-state index in [0.29, 0.717) is 6.54 Å². The first-order valence-corrected chi connectivity index (χ1v) is 5.38. The standard InChI is InChI=1S/C10H20N4/c1-3-4-5-6-7-14-9(2)10(8-11)12-13-14/h3-8,11H2,1-2H3. The number of aryl methyl sites for hydroxylation is 1. The SMILES string of the molecule is CCCCCCn1nnc(CN)c1C. The summed E-state index contributed by atoms with van der Waals surface area (Å²) in [7, 11) is 0. The van der Waals surface area contributed by atoms with Gasteiger partial charge in [-0.15, -0.1) is 5.10 Å².